The maximum Gasteiger partial charge on any atom is 0.323 e. The van der Waals surface area contributed by atoms with Gasteiger partial charge in [-0.2, -0.15) is 0 Å². The molecule has 4 rings (SSSR count). The summed E-state index contributed by atoms with van der Waals surface area (Å²) in [6.07, 6.45) is 0. The van der Waals surface area contributed by atoms with Gasteiger partial charge in [-0.3, -0.25) is 4.79 Å². The molecule has 3 aromatic carbocycles. The second-order valence-corrected chi connectivity index (χ2v) is 8.09. The fraction of sp³-hybridized carbons (Fsp3) is 0.231. The van der Waals surface area contributed by atoms with Crippen molar-refractivity contribution in [2.75, 3.05) is 41.7 Å². The molecule has 0 spiro atoms. The number of aryl methyl sites for hydroxylation is 2. The summed E-state index contributed by atoms with van der Waals surface area (Å²) in [6, 6.07) is 22.9. The standard InChI is InChI=1S/C26H28N4O2/c1-19-7-9-21(10-8-19)27-26(32)28-22-11-13-23(14-12-22)29-15-17-30(18-16-29)25(31)24-6-4-3-5-20(24)2/h3-14H,15-18H2,1-2H3,(H2,27,28,32). The lowest BCUT2D eigenvalue weighted by molar-refractivity contribution is 0.0746. The normalized spacial score (nSPS) is 13.6. The molecule has 6 heteroatoms. The number of hydrogen-bond donors (Lipinski definition) is 2. The molecule has 0 unspecified atom stereocenters. The number of carbonyl (C=O) groups is 2. The Morgan fingerprint density at radius 1 is 0.719 bits per heavy atom. The summed E-state index contributed by atoms with van der Waals surface area (Å²) >= 11 is 0. The monoisotopic (exact) mass is 428 g/mol. The molecule has 1 aliphatic rings. The van der Waals surface area contributed by atoms with E-state index in [2.05, 4.69) is 15.5 Å². The zero-order valence-electron chi connectivity index (χ0n) is 18.5. The molecule has 0 aromatic heterocycles. The van der Waals surface area contributed by atoms with Gasteiger partial charge in [-0.1, -0.05) is 35.9 Å². The first-order valence-corrected chi connectivity index (χ1v) is 10.8. The third-order valence-corrected chi connectivity index (χ3v) is 5.74. The highest BCUT2D eigenvalue weighted by Gasteiger charge is 2.23. The van der Waals surface area contributed by atoms with Gasteiger partial charge in [0.1, 0.15) is 0 Å². The summed E-state index contributed by atoms with van der Waals surface area (Å²) in [5.74, 6) is 0.0990. The smallest absolute Gasteiger partial charge is 0.323 e. The van der Waals surface area contributed by atoms with Crippen LogP contribution in [0.25, 0.3) is 0 Å². The summed E-state index contributed by atoms with van der Waals surface area (Å²) in [6.45, 7) is 6.91. The topological polar surface area (TPSA) is 64.7 Å². The Hall–Kier alpha value is -3.80. The van der Waals surface area contributed by atoms with E-state index in [4.69, 9.17) is 0 Å². The molecule has 2 N–H and O–H groups in total. The van der Waals surface area contributed by atoms with Crippen molar-refractivity contribution < 1.29 is 9.59 Å². The highest BCUT2D eigenvalue weighted by molar-refractivity contribution is 5.99. The third kappa shape index (κ3) is 5.09. The van der Waals surface area contributed by atoms with Crippen molar-refractivity contribution in [3.05, 3.63) is 89.5 Å². The van der Waals surface area contributed by atoms with E-state index in [0.717, 1.165) is 46.8 Å². The molecular formula is C26H28N4O2. The van der Waals surface area contributed by atoms with Gasteiger partial charge in [0.05, 0.1) is 0 Å². The highest BCUT2D eigenvalue weighted by Crippen LogP contribution is 2.21. The number of anilines is 3. The first-order valence-electron chi connectivity index (χ1n) is 10.8. The molecule has 164 valence electrons. The van der Waals surface area contributed by atoms with Gasteiger partial charge < -0.3 is 20.4 Å². The number of rotatable bonds is 4. The molecule has 1 heterocycles. The minimum Gasteiger partial charge on any atom is -0.368 e. The number of hydrogen-bond acceptors (Lipinski definition) is 3. The third-order valence-electron chi connectivity index (χ3n) is 5.74. The quantitative estimate of drug-likeness (QED) is 0.621. The maximum atomic E-state index is 12.8. The Morgan fingerprint density at radius 3 is 1.88 bits per heavy atom. The molecule has 0 radical (unpaired) electrons. The molecular weight excluding hydrogens is 400 g/mol. The van der Waals surface area contributed by atoms with Gasteiger partial charge in [0.25, 0.3) is 5.91 Å². The van der Waals surface area contributed by atoms with Gasteiger partial charge in [-0.05, 0) is 61.9 Å². The van der Waals surface area contributed by atoms with Gasteiger partial charge in [-0.15, -0.1) is 0 Å². The van der Waals surface area contributed by atoms with E-state index in [1.54, 1.807) is 0 Å². The summed E-state index contributed by atoms with van der Waals surface area (Å²) in [4.78, 5) is 29.2. The van der Waals surface area contributed by atoms with Crippen LogP contribution in [-0.2, 0) is 0 Å². The van der Waals surface area contributed by atoms with Gasteiger partial charge in [0.2, 0.25) is 0 Å². The lowest BCUT2D eigenvalue weighted by Crippen LogP contribution is -2.48. The molecule has 0 atom stereocenters. The second kappa shape index (κ2) is 9.56. The van der Waals surface area contributed by atoms with Crippen molar-refractivity contribution in [1.82, 2.24) is 4.90 Å². The molecule has 0 aliphatic carbocycles. The van der Waals surface area contributed by atoms with Crippen LogP contribution in [0.1, 0.15) is 21.5 Å². The molecule has 0 bridgehead atoms. The summed E-state index contributed by atoms with van der Waals surface area (Å²) in [5.41, 5.74) is 5.49. The summed E-state index contributed by atoms with van der Waals surface area (Å²) < 4.78 is 0. The molecule has 0 saturated carbocycles. The van der Waals surface area contributed by atoms with Crippen LogP contribution in [0.3, 0.4) is 0 Å². The van der Waals surface area contributed by atoms with E-state index >= 15 is 0 Å². The van der Waals surface area contributed by atoms with Crippen molar-refractivity contribution >= 4 is 29.0 Å². The molecule has 3 aromatic rings. The summed E-state index contributed by atoms with van der Waals surface area (Å²) in [7, 11) is 0. The van der Waals surface area contributed by atoms with E-state index in [9.17, 15) is 9.59 Å². The number of amides is 3. The minimum absolute atomic E-state index is 0.0990. The number of piperazine rings is 1. The zero-order valence-corrected chi connectivity index (χ0v) is 18.5. The van der Waals surface area contributed by atoms with E-state index in [0.29, 0.717) is 13.1 Å². The fourth-order valence-corrected chi connectivity index (χ4v) is 3.84. The van der Waals surface area contributed by atoms with Gasteiger partial charge in [0, 0.05) is 48.8 Å². The van der Waals surface area contributed by atoms with Crippen molar-refractivity contribution in [2.24, 2.45) is 0 Å². The van der Waals surface area contributed by atoms with Crippen LogP contribution in [0, 0.1) is 13.8 Å². The van der Waals surface area contributed by atoms with Crippen LogP contribution in [0.5, 0.6) is 0 Å². The minimum atomic E-state index is -0.273. The fourth-order valence-electron chi connectivity index (χ4n) is 3.84. The van der Waals surface area contributed by atoms with Crippen LogP contribution in [0.15, 0.2) is 72.8 Å². The molecule has 1 fully saturated rings. The van der Waals surface area contributed by atoms with Crippen molar-refractivity contribution in [1.29, 1.82) is 0 Å². The number of benzene rings is 3. The van der Waals surface area contributed by atoms with Crippen LogP contribution >= 0.6 is 0 Å². The zero-order chi connectivity index (χ0) is 22.5. The molecule has 3 amide bonds. The second-order valence-electron chi connectivity index (χ2n) is 8.09. The Kier molecular flexibility index (Phi) is 6.40. The number of urea groups is 1. The number of nitrogens with one attached hydrogen (secondary N) is 2. The SMILES string of the molecule is Cc1ccc(NC(=O)Nc2ccc(N3CCN(C(=O)c4ccccc4C)CC3)cc2)cc1. The van der Waals surface area contributed by atoms with E-state index in [-0.39, 0.29) is 11.9 Å². The Labute approximate surface area is 188 Å². The first-order chi connectivity index (χ1) is 15.5. The van der Waals surface area contributed by atoms with Crippen LogP contribution in [0.2, 0.25) is 0 Å². The van der Waals surface area contributed by atoms with Crippen LogP contribution in [-0.4, -0.2) is 43.0 Å². The van der Waals surface area contributed by atoms with E-state index in [1.807, 2.05) is 91.5 Å². The molecule has 1 saturated heterocycles. The molecule has 6 nitrogen and oxygen atoms in total. The van der Waals surface area contributed by atoms with E-state index < -0.39 is 0 Å². The Balaban J connectivity index is 1.30. The van der Waals surface area contributed by atoms with Crippen molar-refractivity contribution in [3.63, 3.8) is 0 Å². The number of carbonyl (C=O) groups excluding carboxylic acids is 2. The predicted molar refractivity (Wildman–Crippen MR) is 130 cm³/mol. The van der Waals surface area contributed by atoms with Gasteiger partial charge in [0.15, 0.2) is 0 Å². The Morgan fingerprint density at radius 2 is 1.28 bits per heavy atom. The molecule has 1 aliphatic heterocycles. The lowest BCUT2D eigenvalue weighted by Gasteiger charge is -2.36. The maximum absolute atomic E-state index is 12.8. The average molecular weight is 429 g/mol. The van der Waals surface area contributed by atoms with Crippen molar-refractivity contribution in [2.45, 2.75) is 13.8 Å². The predicted octanol–water partition coefficient (Wildman–Crippen LogP) is 4.91. The summed E-state index contributed by atoms with van der Waals surface area (Å²) in [5, 5.41) is 5.69. The highest BCUT2D eigenvalue weighted by atomic mass is 16.2. The van der Waals surface area contributed by atoms with Crippen molar-refractivity contribution in [3.8, 4) is 0 Å². The van der Waals surface area contributed by atoms with Gasteiger partial charge >= 0.3 is 6.03 Å². The first kappa shape index (κ1) is 21.4. The largest absolute Gasteiger partial charge is 0.368 e. The van der Waals surface area contributed by atoms with E-state index in [1.165, 1.54) is 0 Å². The van der Waals surface area contributed by atoms with Crippen LogP contribution < -0.4 is 15.5 Å². The average Bonchev–Trinajstić information content (AvgIpc) is 2.81. The van der Waals surface area contributed by atoms with Gasteiger partial charge in [-0.25, -0.2) is 4.79 Å². The Bertz CT molecular complexity index is 1090. The lowest BCUT2D eigenvalue weighted by atomic mass is 10.1. The van der Waals surface area contributed by atoms with Crippen LogP contribution in [0.4, 0.5) is 21.9 Å². The molecule has 32 heavy (non-hydrogen) atoms. The number of nitrogens with zero attached hydrogens (tertiary/aromatic N) is 2.